The predicted octanol–water partition coefficient (Wildman–Crippen LogP) is 6.75. The molecule has 4 rings (SSSR count). The normalized spacial score (nSPS) is 11.6. The lowest BCUT2D eigenvalue weighted by Crippen LogP contribution is -2.24. The minimum atomic E-state index is -0.422. The van der Waals surface area contributed by atoms with Crippen LogP contribution in [0.4, 0.5) is 0 Å². The molecule has 0 unspecified atom stereocenters. The average molecular weight is 380 g/mol. The molecule has 0 bridgehead atoms. The Morgan fingerprint density at radius 1 is 0.500 bits per heavy atom. The summed E-state index contributed by atoms with van der Waals surface area (Å²) in [4.78, 5) is 0. The maximum Gasteiger partial charge on any atom is 0.112 e. The summed E-state index contributed by atoms with van der Waals surface area (Å²) in [6.07, 6.45) is 1.94. The molecule has 1 nitrogen and oxygen atoms in total. The molecule has 0 radical (unpaired) electrons. The molecule has 4 aromatic rings. The van der Waals surface area contributed by atoms with Gasteiger partial charge in [0.1, 0.15) is 4.75 Å². The number of hydrogen-bond acceptors (Lipinski definition) is 2. The van der Waals surface area contributed by atoms with Gasteiger partial charge in [-0.25, -0.2) is 4.40 Å². The number of nitrogens with zero attached hydrogens (tertiary/aromatic N) is 1. The summed E-state index contributed by atoms with van der Waals surface area (Å²) in [5.41, 5.74) is 4.73. The fraction of sp³-hybridized carbons (Fsp3) is 0.0385. The Hall–Kier alpha value is -3.10. The van der Waals surface area contributed by atoms with E-state index in [-0.39, 0.29) is 0 Å². The van der Waals surface area contributed by atoms with Crippen LogP contribution >= 0.6 is 11.9 Å². The number of rotatable bonds is 6. The van der Waals surface area contributed by atoms with Crippen molar-refractivity contribution in [2.45, 2.75) is 4.75 Å². The van der Waals surface area contributed by atoms with Gasteiger partial charge in [0.2, 0.25) is 0 Å². The second kappa shape index (κ2) is 8.73. The third-order valence-corrected chi connectivity index (χ3v) is 5.92. The zero-order valence-electron chi connectivity index (χ0n) is 15.5. The fourth-order valence-electron chi connectivity index (χ4n) is 3.38. The molecule has 28 heavy (non-hydrogen) atoms. The Labute approximate surface area is 170 Å². The van der Waals surface area contributed by atoms with E-state index in [1.807, 2.05) is 24.4 Å². The van der Waals surface area contributed by atoms with Gasteiger partial charge in [-0.15, -0.1) is 0 Å². The van der Waals surface area contributed by atoms with E-state index in [1.165, 1.54) is 16.7 Å². The molecule has 136 valence electrons. The predicted molar refractivity (Wildman–Crippen MR) is 121 cm³/mol. The van der Waals surface area contributed by atoms with Crippen molar-refractivity contribution in [3.63, 3.8) is 0 Å². The van der Waals surface area contributed by atoms with E-state index in [2.05, 4.69) is 103 Å². The van der Waals surface area contributed by atoms with Gasteiger partial charge < -0.3 is 0 Å². The first kappa shape index (κ1) is 18.3. The first-order chi connectivity index (χ1) is 13.9. The Morgan fingerprint density at radius 2 is 0.857 bits per heavy atom. The van der Waals surface area contributed by atoms with Crippen molar-refractivity contribution < 1.29 is 0 Å². The summed E-state index contributed by atoms with van der Waals surface area (Å²) in [5.74, 6) is 0. The van der Waals surface area contributed by atoms with E-state index in [9.17, 15) is 0 Å². The quantitative estimate of drug-likeness (QED) is 0.205. The molecule has 0 aliphatic rings. The zero-order valence-corrected chi connectivity index (χ0v) is 16.3. The van der Waals surface area contributed by atoms with Gasteiger partial charge in [0.15, 0.2) is 0 Å². The van der Waals surface area contributed by atoms with Crippen molar-refractivity contribution in [2.75, 3.05) is 0 Å². The summed E-state index contributed by atoms with van der Waals surface area (Å²) in [7, 11) is 0. The fourth-order valence-corrected chi connectivity index (χ4v) is 4.44. The van der Waals surface area contributed by atoms with Crippen LogP contribution in [0.2, 0.25) is 0 Å². The van der Waals surface area contributed by atoms with Crippen LogP contribution in [-0.2, 0) is 4.75 Å². The molecule has 0 heterocycles. The largest absolute Gasteiger partial charge is 0.222 e. The van der Waals surface area contributed by atoms with Crippen molar-refractivity contribution in [3.8, 4) is 0 Å². The van der Waals surface area contributed by atoms with Gasteiger partial charge in [-0.2, -0.15) is 0 Å². The molecule has 0 spiro atoms. The molecule has 0 N–H and O–H groups in total. The molecule has 2 heteroatoms. The standard InChI is InChI=1S/C26H21NS/c1-5-13-22(14-6-1)21-27-28-26(23-15-7-2-8-16-23,24-17-9-3-10-18-24)25-19-11-4-12-20-25/h1-21H. The maximum atomic E-state index is 4.83. The topological polar surface area (TPSA) is 12.4 Å². The lowest BCUT2D eigenvalue weighted by Gasteiger charge is -2.33. The number of hydrogen-bond donors (Lipinski definition) is 0. The van der Waals surface area contributed by atoms with Crippen LogP contribution in [0.15, 0.2) is 126 Å². The van der Waals surface area contributed by atoms with E-state index < -0.39 is 4.75 Å². The smallest absolute Gasteiger partial charge is 0.112 e. The molecule has 0 fully saturated rings. The molecule has 0 amide bonds. The van der Waals surface area contributed by atoms with Crippen molar-refractivity contribution in [1.29, 1.82) is 0 Å². The summed E-state index contributed by atoms with van der Waals surface area (Å²) in [5, 5.41) is 0. The third kappa shape index (κ3) is 3.78. The molecule has 4 aromatic carbocycles. The van der Waals surface area contributed by atoms with Gasteiger partial charge >= 0.3 is 0 Å². The van der Waals surface area contributed by atoms with Crippen molar-refractivity contribution >= 4 is 18.2 Å². The molecule has 0 saturated carbocycles. The highest BCUT2D eigenvalue weighted by Gasteiger charge is 2.37. The Kier molecular flexibility index (Phi) is 5.69. The highest BCUT2D eigenvalue weighted by Crippen LogP contribution is 2.48. The van der Waals surface area contributed by atoms with E-state index in [1.54, 1.807) is 11.9 Å². The highest BCUT2D eigenvalue weighted by atomic mass is 32.2. The van der Waals surface area contributed by atoms with Gasteiger partial charge in [-0.05, 0) is 34.2 Å². The van der Waals surface area contributed by atoms with E-state index in [0.29, 0.717) is 0 Å². The van der Waals surface area contributed by atoms with Gasteiger partial charge in [-0.1, -0.05) is 121 Å². The van der Waals surface area contributed by atoms with Crippen LogP contribution < -0.4 is 0 Å². The molecular formula is C26H21NS. The lowest BCUT2D eigenvalue weighted by molar-refractivity contribution is 0.896. The molecular weight excluding hydrogens is 358 g/mol. The summed E-state index contributed by atoms with van der Waals surface area (Å²) >= 11 is 1.59. The minimum Gasteiger partial charge on any atom is -0.222 e. The van der Waals surface area contributed by atoms with Gasteiger partial charge in [0, 0.05) is 6.21 Å². The Morgan fingerprint density at radius 3 is 1.25 bits per heavy atom. The van der Waals surface area contributed by atoms with Crippen molar-refractivity contribution in [3.05, 3.63) is 144 Å². The van der Waals surface area contributed by atoms with Crippen LogP contribution in [-0.4, -0.2) is 6.21 Å². The van der Waals surface area contributed by atoms with Gasteiger partial charge in [0.25, 0.3) is 0 Å². The first-order valence-electron chi connectivity index (χ1n) is 9.33. The van der Waals surface area contributed by atoms with Crippen LogP contribution in [0.1, 0.15) is 22.3 Å². The van der Waals surface area contributed by atoms with Crippen LogP contribution in [0.3, 0.4) is 0 Å². The van der Waals surface area contributed by atoms with E-state index >= 15 is 0 Å². The zero-order chi connectivity index (χ0) is 19.1. The second-order valence-corrected chi connectivity index (χ2v) is 7.52. The van der Waals surface area contributed by atoms with Crippen molar-refractivity contribution in [1.82, 2.24) is 0 Å². The summed E-state index contributed by atoms with van der Waals surface area (Å²) < 4.78 is 4.41. The average Bonchev–Trinajstić information content (AvgIpc) is 2.79. The van der Waals surface area contributed by atoms with Crippen molar-refractivity contribution in [2.24, 2.45) is 4.40 Å². The van der Waals surface area contributed by atoms with Gasteiger partial charge in [-0.3, -0.25) is 0 Å². The van der Waals surface area contributed by atoms with Crippen LogP contribution in [0.5, 0.6) is 0 Å². The molecule has 0 aliphatic carbocycles. The van der Waals surface area contributed by atoms with E-state index in [4.69, 9.17) is 4.40 Å². The second-order valence-electron chi connectivity index (χ2n) is 6.52. The Bertz CT molecular complexity index is 916. The molecule has 0 saturated heterocycles. The monoisotopic (exact) mass is 379 g/mol. The summed E-state index contributed by atoms with van der Waals surface area (Å²) in [6.45, 7) is 0. The maximum absolute atomic E-state index is 4.83. The van der Waals surface area contributed by atoms with Crippen LogP contribution in [0.25, 0.3) is 0 Å². The third-order valence-electron chi connectivity index (χ3n) is 4.73. The van der Waals surface area contributed by atoms with Crippen LogP contribution in [0, 0.1) is 0 Å². The SMILES string of the molecule is C(=NSC(c1ccccc1)(c1ccccc1)c1ccccc1)c1ccccc1. The number of benzene rings is 4. The first-order valence-corrected chi connectivity index (χ1v) is 10.1. The minimum absolute atomic E-state index is 0.422. The molecule has 0 atom stereocenters. The van der Waals surface area contributed by atoms with Gasteiger partial charge in [0.05, 0.1) is 0 Å². The van der Waals surface area contributed by atoms with E-state index in [0.717, 1.165) is 5.56 Å². The Balaban J connectivity index is 1.87. The lowest BCUT2D eigenvalue weighted by atomic mass is 9.84. The highest BCUT2D eigenvalue weighted by molar-refractivity contribution is 7.99. The molecule has 0 aromatic heterocycles. The molecule has 0 aliphatic heterocycles. The summed E-state index contributed by atoms with van der Waals surface area (Å²) in [6, 6.07) is 42.1.